The molecule has 1 aromatic rings. The Kier molecular flexibility index (Phi) is 6.45. The average Bonchev–Trinajstić information content (AvgIpc) is 2.44. The number of carbonyl (C=O) groups is 1. The van der Waals surface area contributed by atoms with Gasteiger partial charge in [-0.2, -0.15) is 0 Å². The van der Waals surface area contributed by atoms with Crippen molar-refractivity contribution in [3.05, 3.63) is 28.3 Å². The van der Waals surface area contributed by atoms with Crippen LogP contribution in [0.2, 0.25) is 0 Å². The highest BCUT2D eigenvalue weighted by molar-refractivity contribution is 5.76. The highest BCUT2D eigenvalue weighted by atomic mass is 16.6. The highest BCUT2D eigenvalue weighted by Gasteiger charge is 2.17. The Balaban J connectivity index is 2.92. The SMILES string of the molecule is CCCOc1cc(N(C)CC(=O)OCC)ccc1[N+](=O)[O-]. The van der Waals surface area contributed by atoms with Gasteiger partial charge in [0.15, 0.2) is 5.75 Å². The van der Waals surface area contributed by atoms with Gasteiger partial charge in [0.1, 0.15) is 6.54 Å². The summed E-state index contributed by atoms with van der Waals surface area (Å²) in [5.74, 6) is -0.149. The minimum Gasteiger partial charge on any atom is -0.487 e. The number of esters is 1. The Labute approximate surface area is 123 Å². The molecule has 21 heavy (non-hydrogen) atoms. The van der Waals surface area contributed by atoms with Crippen LogP contribution in [0, 0.1) is 10.1 Å². The van der Waals surface area contributed by atoms with Gasteiger partial charge in [0.2, 0.25) is 0 Å². The van der Waals surface area contributed by atoms with Gasteiger partial charge in [-0.25, -0.2) is 0 Å². The third-order valence-electron chi connectivity index (χ3n) is 2.71. The summed E-state index contributed by atoms with van der Waals surface area (Å²) < 4.78 is 10.3. The Morgan fingerprint density at radius 2 is 2.10 bits per heavy atom. The molecule has 0 unspecified atom stereocenters. The van der Waals surface area contributed by atoms with Crippen LogP contribution in [0.5, 0.6) is 5.75 Å². The molecular formula is C14H20N2O5. The number of rotatable bonds is 8. The van der Waals surface area contributed by atoms with E-state index < -0.39 is 4.92 Å². The van der Waals surface area contributed by atoms with Crippen LogP contribution < -0.4 is 9.64 Å². The lowest BCUT2D eigenvalue weighted by Crippen LogP contribution is -2.27. The lowest BCUT2D eigenvalue weighted by molar-refractivity contribution is -0.385. The molecule has 0 saturated carbocycles. The minimum absolute atomic E-state index is 0.0683. The summed E-state index contributed by atoms with van der Waals surface area (Å²) >= 11 is 0. The van der Waals surface area contributed by atoms with Crippen LogP contribution in [-0.2, 0) is 9.53 Å². The molecule has 0 aliphatic rings. The van der Waals surface area contributed by atoms with Crippen LogP contribution in [0.1, 0.15) is 20.3 Å². The van der Waals surface area contributed by atoms with Gasteiger partial charge < -0.3 is 14.4 Å². The molecule has 7 nitrogen and oxygen atoms in total. The van der Waals surface area contributed by atoms with E-state index in [1.165, 1.54) is 6.07 Å². The monoisotopic (exact) mass is 296 g/mol. The molecule has 0 atom stereocenters. The normalized spacial score (nSPS) is 10.0. The second-order valence-corrected chi connectivity index (χ2v) is 4.42. The van der Waals surface area contributed by atoms with E-state index in [0.717, 1.165) is 6.42 Å². The number of hydrogen-bond donors (Lipinski definition) is 0. The van der Waals surface area contributed by atoms with Crippen LogP contribution in [0.3, 0.4) is 0 Å². The molecule has 0 saturated heterocycles. The van der Waals surface area contributed by atoms with E-state index in [0.29, 0.717) is 18.9 Å². The van der Waals surface area contributed by atoms with E-state index in [9.17, 15) is 14.9 Å². The van der Waals surface area contributed by atoms with Crippen LogP contribution >= 0.6 is 0 Å². The molecule has 0 aromatic heterocycles. The quantitative estimate of drug-likeness (QED) is 0.416. The van der Waals surface area contributed by atoms with Gasteiger partial charge >= 0.3 is 11.7 Å². The molecule has 0 fully saturated rings. The number of carbonyl (C=O) groups excluding carboxylic acids is 1. The molecule has 7 heteroatoms. The fourth-order valence-electron chi connectivity index (χ4n) is 1.71. The highest BCUT2D eigenvalue weighted by Crippen LogP contribution is 2.31. The van der Waals surface area contributed by atoms with Crippen molar-refractivity contribution in [1.82, 2.24) is 0 Å². The molecule has 0 heterocycles. The van der Waals surface area contributed by atoms with Crippen molar-refractivity contribution in [3.8, 4) is 5.75 Å². The van der Waals surface area contributed by atoms with Crippen molar-refractivity contribution in [3.63, 3.8) is 0 Å². The average molecular weight is 296 g/mol. The number of nitro benzene ring substituents is 1. The maximum Gasteiger partial charge on any atom is 0.325 e. The predicted molar refractivity (Wildman–Crippen MR) is 78.8 cm³/mol. The summed E-state index contributed by atoms with van der Waals surface area (Å²) in [5.41, 5.74) is 0.566. The fraction of sp³-hybridized carbons (Fsp3) is 0.500. The Morgan fingerprint density at radius 3 is 2.67 bits per heavy atom. The lowest BCUT2D eigenvalue weighted by atomic mass is 10.2. The van der Waals surface area contributed by atoms with Gasteiger partial charge in [-0.1, -0.05) is 6.92 Å². The molecule has 0 N–H and O–H groups in total. The standard InChI is InChI=1S/C14H20N2O5/c1-4-8-21-13-9-11(6-7-12(13)16(18)19)15(3)10-14(17)20-5-2/h6-7,9H,4-5,8,10H2,1-3H3. The van der Waals surface area contributed by atoms with Gasteiger partial charge in [0.25, 0.3) is 0 Å². The first-order valence-electron chi connectivity index (χ1n) is 6.77. The summed E-state index contributed by atoms with van der Waals surface area (Å²) in [4.78, 5) is 23.6. The fourth-order valence-corrected chi connectivity index (χ4v) is 1.71. The van der Waals surface area contributed by atoms with Crippen molar-refractivity contribution in [2.24, 2.45) is 0 Å². The summed E-state index contributed by atoms with van der Waals surface area (Å²) in [7, 11) is 1.71. The second kappa shape index (κ2) is 8.08. The molecule has 0 amide bonds. The van der Waals surface area contributed by atoms with Gasteiger partial charge in [-0.15, -0.1) is 0 Å². The zero-order valence-corrected chi connectivity index (χ0v) is 12.5. The van der Waals surface area contributed by atoms with E-state index >= 15 is 0 Å². The van der Waals surface area contributed by atoms with Crippen LogP contribution in [0.4, 0.5) is 11.4 Å². The molecular weight excluding hydrogens is 276 g/mol. The zero-order valence-electron chi connectivity index (χ0n) is 12.5. The first kappa shape index (κ1) is 16.7. The minimum atomic E-state index is -0.486. The number of benzene rings is 1. The summed E-state index contributed by atoms with van der Waals surface area (Å²) in [6.45, 7) is 4.44. The summed E-state index contributed by atoms with van der Waals surface area (Å²) in [6, 6.07) is 4.52. The number of nitrogens with zero attached hydrogens (tertiary/aromatic N) is 2. The first-order valence-corrected chi connectivity index (χ1v) is 6.77. The molecule has 0 radical (unpaired) electrons. The summed E-state index contributed by atoms with van der Waals surface area (Å²) in [6.07, 6.45) is 0.750. The Morgan fingerprint density at radius 1 is 1.38 bits per heavy atom. The number of likely N-dealkylation sites (N-methyl/N-ethyl adjacent to an activating group) is 1. The van der Waals surface area contributed by atoms with E-state index in [2.05, 4.69) is 0 Å². The number of nitro groups is 1. The third-order valence-corrected chi connectivity index (χ3v) is 2.71. The van der Waals surface area contributed by atoms with E-state index in [1.54, 1.807) is 31.0 Å². The van der Waals surface area contributed by atoms with Gasteiger partial charge in [0, 0.05) is 24.9 Å². The van der Waals surface area contributed by atoms with Crippen molar-refractivity contribution in [2.45, 2.75) is 20.3 Å². The first-order chi connectivity index (χ1) is 9.99. The van der Waals surface area contributed by atoms with Crippen molar-refractivity contribution >= 4 is 17.3 Å². The van der Waals surface area contributed by atoms with Gasteiger partial charge in [0.05, 0.1) is 18.1 Å². The lowest BCUT2D eigenvalue weighted by Gasteiger charge is -2.19. The topological polar surface area (TPSA) is 81.9 Å². The molecule has 0 bridgehead atoms. The molecule has 1 aromatic carbocycles. The number of hydrogen-bond acceptors (Lipinski definition) is 6. The largest absolute Gasteiger partial charge is 0.487 e. The molecule has 116 valence electrons. The van der Waals surface area contributed by atoms with E-state index in [4.69, 9.17) is 9.47 Å². The van der Waals surface area contributed by atoms with Crippen molar-refractivity contribution in [2.75, 3.05) is 31.7 Å². The number of anilines is 1. The number of ether oxygens (including phenoxy) is 2. The van der Waals surface area contributed by atoms with Crippen LogP contribution in [0.25, 0.3) is 0 Å². The smallest absolute Gasteiger partial charge is 0.325 e. The Bertz CT molecular complexity index is 504. The van der Waals surface area contributed by atoms with Crippen LogP contribution in [0.15, 0.2) is 18.2 Å². The second-order valence-electron chi connectivity index (χ2n) is 4.42. The molecule has 0 spiro atoms. The summed E-state index contributed by atoms with van der Waals surface area (Å²) in [5, 5.41) is 11.0. The maximum absolute atomic E-state index is 11.5. The van der Waals surface area contributed by atoms with Gasteiger partial charge in [-0.3, -0.25) is 14.9 Å². The van der Waals surface area contributed by atoms with E-state index in [1.807, 2.05) is 6.92 Å². The molecule has 0 aliphatic heterocycles. The predicted octanol–water partition coefficient (Wildman–Crippen LogP) is 2.38. The third kappa shape index (κ3) is 4.94. The zero-order chi connectivity index (χ0) is 15.8. The molecule has 0 aliphatic carbocycles. The molecule has 1 rings (SSSR count). The maximum atomic E-state index is 11.5. The van der Waals surface area contributed by atoms with Crippen LogP contribution in [-0.4, -0.2) is 37.7 Å². The van der Waals surface area contributed by atoms with Crippen molar-refractivity contribution in [1.29, 1.82) is 0 Å². The van der Waals surface area contributed by atoms with E-state index in [-0.39, 0.29) is 24.0 Å². The van der Waals surface area contributed by atoms with Crippen molar-refractivity contribution < 1.29 is 19.2 Å². The Hall–Kier alpha value is -2.31. The van der Waals surface area contributed by atoms with Gasteiger partial charge in [-0.05, 0) is 19.4 Å².